The quantitative estimate of drug-likeness (QED) is 0.780. The van der Waals surface area contributed by atoms with Gasteiger partial charge in [0.1, 0.15) is 0 Å². The van der Waals surface area contributed by atoms with Crippen molar-refractivity contribution < 1.29 is 4.79 Å². The van der Waals surface area contributed by atoms with E-state index in [9.17, 15) is 10.1 Å². The van der Waals surface area contributed by atoms with Crippen LogP contribution < -0.4 is 0 Å². The van der Waals surface area contributed by atoms with E-state index in [1.165, 1.54) is 0 Å². The smallest absolute Gasteiger partial charge is 0.161 e. The standard InChI is InChI=1S/C17H16N2O/c1-11-13(10-18)16(12-6-3-2-4-7-12)17-14(19-11)8-5-9-15(17)20/h2-4,6-7,13,16H,5,8-9H2,1H3/t13?,16-/m1/s1. The Morgan fingerprint density at radius 3 is 2.70 bits per heavy atom. The Morgan fingerprint density at radius 1 is 1.25 bits per heavy atom. The van der Waals surface area contributed by atoms with Crippen molar-refractivity contribution in [2.24, 2.45) is 10.9 Å². The number of hydrogen-bond acceptors (Lipinski definition) is 3. The maximum atomic E-state index is 12.3. The lowest BCUT2D eigenvalue weighted by Crippen LogP contribution is -2.30. The number of carbonyl (C=O) groups is 1. The van der Waals surface area contributed by atoms with E-state index in [2.05, 4.69) is 11.1 Å². The van der Waals surface area contributed by atoms with Gasteiger partial charge in [-0.2, -0.15) is 5.26 Å². The molecular weight excluding hydrogens is 248 g/mol. The van der Waals surface area contributed by atoms with Crippen molar-refractivity contribution in [3.63, 3.8) is 0 Å². The number of carbonyl (C=O) groups excluding carboxylic acids is 1. The topological polar surface area (TPSA) is 53.2 Å². The molecule has 0 fully saturated rings. The van der Waals surface area contributed by atoms with Crippen LogP contribution in [0, 0.1) is 17.2 Å². The Morgan fingerprint density at radius 2 is 2.00 bits per heavy atom. The molecule has 0 amide bonds. The average molecular weight is 264 g/mol. The maximum Gasteiger partial charge on any atom is 0.161 e. The highest BCUT2D eigenvalue weighted by atomic mass is 16.1. The third-order valence-electron chi connectivity index (χ3n) is 4.13. The van der Waals surface area contributed by atoms with Crippen LogP contribution in [0.15, 0.2) is 46.6 Å². The van der Waals surface area contributed by atoms with Crippen LogP contribution in [0.3, 0.4) is 0 Å². The number of benzene rings is 1. The van der Waals surface area contributed by atoms with Crippen molar-refractivity contribution in [1.82, 2.24) is 0 Å². The summed E-state index contributed by atoms with van der Waals surface area (Å²) in [5.41, 5.74) is 3.55. The number of nitriles is 1. The summed E-state index contributed by atoms with van der Waals surface area (Å²) in [6, 6.07) is 12.2. The number of aliphatic imine (C=N–C) groups is 1. The second-order valence-corrected chi connectivity index (χ2v) is 5.39. The molecule has 3 heteroatoms. The van der Waals surface area contributed by atoms with Crippen LogP contribution in [0.2, 0.25) is 0 Å². The van der Waals surface area contributed by atoms with Crippen LogP contribution >= 0.6 is 0 Å². The summed E-state index contributed by atoms with van der Waals surface area (Å²) in [7, 11) is 0. The average Bonchev–Trinajstić information content (AvgIpc) is 2.47. The third-order valence-corrected chi connectivity index (χ3v) is 4.13. The SMILES string of the molecule is CC1=NC2=C(C(=O)CCC2)[C@H](c2ccccc2)C1C#N. The molecule has 100 valence electrons. The van der Waals surface area contributed by atoms with Gasteiger partial charge in [-0.3, -0.25) is 9.79 Å². The number of rotatable bonds is 1. The molecule has 1 aliphatic carbocycles. The lowest BCUT2D eigenvalue weighted by molar-refractivity contribution is -0.116. The van der Waals surface area contributed by atoms with E-state index in [-0.39, 0.29) is 17.6 Å². The normalized spacial score (nSPS) is 25.8. The van der Waals surface area contributed by atoms with Crippen LogP contribution in [-0.4, -0.2) is 11.5 Å². The summed E-state index contributed by atoms with van der Waals surface area (Å²) in [5.74, 6) is -0.323. The van der Waals surface area contributed by atoms with Crippen molar-refractivity contribution in [1.29, 1.82) is 5.26 Å². The molecule has 3 rings (SSSR count). The van der Waals surface area contributed by atoms with Gasteiger partial charge in [0.05, 0.1) is 12.0 Å². The molecule has 1 heterocycles. The summed E-state index contributed by atoms with van der Waals surface area (Å²) < 4.78 is 0. The van der Waals surface area contributed by atoms with Crippen molar-refractivity contribution in [3.05, 3.63) is 47.2 Å². The van der Waals surface area contributed by atoms with Crippen molar-refractivity contribution in [2.45, 2.75) is 32.1 Å². The Balaban J connectivity index is 2.18. The van der Waals surface area contributed by atoms with Gasteiger partial charge in [0.2, 0.25) is 0 Å². The van der Waals surface area contributed by atoms with Crippen LogP contribution in [0.4, 0.5) is 0 Å². The summed E-state index contributed by atoms with van der Waals surface area (Å²) in [5, 5.41) is 9.50. The Bertz CT molecular complexity index is 649. The molecule has 1 unspecified atom stereocenters. The third kappa shape index (κ3) is 1.98. The molecule has 0 aromatic heterocycles. The second-order valence-electron chi connectivity index (χ2n) is 5.39. The number of allylic oxidation sites excluding steroid dienone is 2. The first-order valence-corrected chi connectivity index (χ1v) is 6.98. The molecule has 1 aliphatic heterocycles. The lowest BCUT2D eigenvalue weighted by atomic mass is 9.72. The van der Waals surface area contributed by atoms with Crippen LogP contribution in [0.1, 0.15) is 37.7 Å². The fourth-order valence-electron chi connectivity index (χ4n) is 3.19. The molecule has 2 atom stereocenters. The first-order valence-electron chi connectivity index (χ1n) is 6.98. The van der Waals surface area contributed by atoms with E-state index in [0.29, 0.717) is 6.42 Å². The molecule has 0 bridgehead atoms. The zero-order chi connectivity index (χ0) is 14.1. The number of hydrogen-bond donors (Lipinski definition) is 0. The molecule has 0 radical (unpaired) electrons. The highest BCUT2D eigenvalue weighted by molar-refractivity contribution is 6.02. The van der Waals surface area contributed by atoms with Crippen molar-refractivity contribution in [2.75, 3.05) is 0 Å². The fourth-order valence-corrected chi connectivity index (χ4v) is 3.19. The van der Waals surface area contributed by atoms with Gasteiger partial charge in [-0.25, -0.2) is 0 Å². The fraction of sp³-hybridized carbons (Fsp3) is 0.353. The summed E-state index contributed by atoms with van der Waals surface area (Å²) in [4.78, 5) is 16.9. The predicted octanol–water partition coefficient (Wildman–Crippen LogP) is 3.39. The molecule has 0 spiro atoms. The van der Waals surface area contributed by atoms with E-state index >= 15 is 0 Å². The van der Waals surface area contributed by atoms with Gasteiger partial charge in [-0.05, 0) is 25.3 Å². The lowest BCUT2D eigenvalue weighted by Gasteiger charge is -2.32. The first kappa shape index (κ1) is 12.8. The number of nitrogens with zero attached hydrogens (tertiary/aromatic N) is 2. The molecule has 0 saturated heterocycles. The van der Waals surface area contributed by atoms with Crippen LogP contribution in [0.25, 0.3) is 0 Å². The van der Waals surface area contributed by atoms with E-state index < -0.39 is 0 Å². The van der Waals surface area contributed by atoms with Gasteiger partial charge in [-0.15, -0.1) is 0 Å². The van der Waals surface area contributed by atoms with Gasteiger partial charge >= 0.3 is 0 Å². The predicted molar refractivity (Wildman–Crippen MR) is 77.3 cm³/mol. The second kappa shape index (κ2) is 5.05. The van der Waals surface area contributed by atoms with Crippen LogP contribution in [0.5, 0.6) is 0 Å². The molecule has 2 aliphatic rings. The minimum atomic E-state index is -0.335. The highest BCUT2D eigenvalue weighted by Gasteiger charge is 2.38. The van der Waals surface area contributed by atoms with Gasteiger partial charge in [0.15, 0.2) is 5.78 Å². The summed E-state index contributed by atoms with van der Waals surface area (Å²) in [6.45, 7) is 1.90. The molecule has 1 aromatic carbocycles. The molecular formula is C17H16N2O. The van der Waals surface area contributed by atoms with Crippen molar-refractivity contribution >= 4 is 11.5 Å². The molecule has 3 nitrogen and oxygen atoms in total. The van der Waals surface area contributed by atoms with E-state index in [1.807, 2.05) is 37.3 Å². The number of ketones is 1. The highest BCUT2D eigenvalue weighted by Crippen LogP contribution is 2.42. The molecule has 20 heavy (non-hydrogen) atoms. The van der Waals surface area contributed by atoms with Gasteiger partial charge in [0.25, 0.3) is 0 Å². The zero-order valence-corrected chi connectivity index (χ0v) is 11.5. The first-order chi connectivity index (χ1) is 9.72. The Hall–Kier alpha value is -2.21. The maximum absolute atomic E-state index is 12.3. The van der Waals surface area contributed by atoms with Crippen molar-refractivity contribution in [3.8, 4) is 6.07 Å². The number of Topliss-reactive ketones (excluding diaryl/α,β-unsaturated/α-hetero) is 1. The Labute approximate surface area is 118 Å². The van der Waals surface area contributed by atoms with E-state index in [4.69, 9.17) is 0 Å². The van der Waals surface area contributed by atoms with E-state index in [1.54, 1.807) is 0 Å². The van der Waals surface area contributed by atoms with Gasteiger partial charge < -0.3 is 0 Å². The zero-order valence-electron chi connectivity index (χ0n) is 11.5. The minimum absolute atomic E-state index is 0.151. The van der Waals surface area contributed by atoms with Gasteiger partial charge in [-0.1, -0.05) is 30.3 Å². The summed E-state index contributed by atoms with van der Waals surface area (Å²) >= 11 is 0. The molecule has 0 saturated carbocycles. The monoisotopic (exact) mass is 264 g/mol. The van der Waals surface area contributed by atoms with Gasteiger partial charge in [0, 0.05) is 29.3 Å². The molecule has 1 aromatic rings. The minimum Gasteiger partial charge on any atom is -0.294 e. The van der Waals surface area contributed by atoms with E-state index in [0.717, 1.165) is 35.4 Å². The largest absolute Gasteiger partial charge is 0.294 e. The summed E-state index contributed by atoms with van der Waals surface area (Å²) in [6.07, 6.45) is 2.29. The molecule has 0 N–H and O–H groups in total. The van der Waals surface area contributed by atoms with Crippen LogP contribution in [-0.2, 0) is 4.79 Å². The Kier molecular flexibility index (Phi) is 3.23.